The maximum atomic E-state index is 14.9. The third-order valence-corrected chi connectivity index (χ3v) is 5.83. The smallest absolute Gasteiger partial charge is 0.229 e. The third kappa shape index (κ3) is 5.27. The zero-order valence-electron chi connectivity index (χ0n) is 20.0. The first-order valence-electron chi connectivity index (χ1n) is 10.6. The molecule has 35 heavy (non-hydrogen) atoms. The van der Waals surface area contributed by atoms with Crippen LogP contribution in [0, 0.1) is 28.3 Å². The molecule has 1 aromatic heterocycles. The molecule has 0 bridgehead atoms. The van der Waals surface area contributed by atoms with Gasteiger partial charge in [-0.2, -0.15) is 0 Å². The zero-order valence-corrected chi connectivity index (χ0v) is 21.5. The molecule has 186 valence electrons. The van der Waals surface area contributed by atoms with Crippen LogP contribution in [0.3, 0.4) is 0 Å². The highest BCUT2D eigenvalue weighted by molar-refractivity contribution is 9.10. The number of carbonyl (C=O) groups is 2. The summed E-state index contributed by atoms with van der Waals surface area (Å²) < 4.78 is 48.9. The zero-order chi connectivity index (χ0) is 26.5. The second-order valence-corrected chi connectivity index (χ2v) is 10.9. The highest BCUT2D eigenvalue weighted by Gasteiger charge is 2.28. The van der Waals surface area contributed by atoms with Crippen LogP contribution < -0.4 is 16.1 Å². The fourth-order valence-electron chi connectivity index (χ4n) is 2.92. The summed E-state index contributed by atoms with van der Waals surface area (Å²) in [6, 6.07) is 4.36. The van der Waals surface area contributed by atoms with Crippen molar-refractivity contribution in [2.45, 2.75) is 41.5 Å². The predicted molar refractivity (Wildman–Crippen MR) is 132 cm³/mol. The van der Waals surface area contributed by atoms with Crippen molar-refractivity contribution in [3.63, 3.8) is 0 Å². The molecule has 0 aliphatic heterocycles. The van der Waals surface area contributed by atoms with E-state index in [0.29, 0.717) is 0 Å². The number of fused-ring (bicyclic) bond motifs is 1. The topological polar surface area (TPSA) is 88.4 Å². The Bertz CT molecular complexity index is 1420. The largest absolute Gasteiger partial charge is 0.450 e. The molecule has 0 saturated heterocycles. The summed E-state index contributed by atoms with van der Waals surface area (Å²) >= 11 is 2.77. The molecule has 1 heterocycles. The van der Waals surface area contributed by atoms with Crippen LogP contribution in [0.15, 0.2) is 37.9 Å². The van der Waals surface area contributed by atoms with Crippen molar-refractivity contribution in [3.05, 3.63) is 56.4 Å². The second kappa shape index (κ2) is 9.14. The number of halogens is 4. The highest BCUT2D eigenvalue weighted by atomic mass is 79.9. The molecule has 0 aliphatic carbocycles. The van der Waals surface area contributed by atoms with Gasteiger partial charge in [0, 0.05) is 16.4 Å². The lowest BCUT2D eigenvalue weighted by Crippen LogP contribution is -2.30. The molecule has 2 aromatic carbocycles. The SMILES string of the molecule is CC(C)(C)C(=O)Nc1ccc(-c2oc3c(F)c(Br)c(F)cc3c(=O)c2NC(=O)C(C)(C)C)cc1F. The molecule has 0 spiro atoms. The van der Waals surface area contributed by atoms with E-state index in [1.165, 1.54) is 12.1 Å². The molecule has 2 amide bonds. The Kier molecular flexibility index (Phi) is 6.91. The van der Waals surface area contributed by atoms with Gasteiger partial charge in [-0.15, -0.1) is 0 Å². The number of hydrogen-bond donors (Lipinski definition) is 2. The summed E-state index contributed by atoms with van der Waals surface area (Å²) in [5, 5.41) is 4.49. The molecule has 0 fully saturated rings. The van der Waals surface area contributed by atoms with Gasteiger partial charge in [-0.1, -0.05) is 41.5 Å². The standard InChI is InChI=1S/C25H24BrF3N2O4/c1-24(2,3)22(33)30-15-8-7-11(9-13(15)27)20-18(31-23(34)25(4,5)6)19(32)12-10-14(28)16(26)17(29)21(12)35-20/h7-10H,1-6H3,(H,30,33)(H,31,34). The lowest BCUT2D eigenvalue weighted by molar-refractivity contribution is -0.123. The lowest BCUT2D eigenvalue weighted by Gasteiger charge is -2.20. The number of carbonyl (C=O) groups excluding carboxylic acids is 2. The summed E-state index contributed by atoms with van der Waals surface area (Å²) in [5.74, 6) is -4.37. The van der Waals surface area contributed by atoms with Crippen LogP contribution >= 0.6 is 15.9 Å². The molecule has 3 rings (SSSR count). The van der Waals surface area contributed by atoms with E-state index in [1.807, 2.05) is 0 Å². The van der Waals surface area contributed by atoms with Crippen molar-refractivity contribution in [3.8, 4) is 11.3 Å². The van der Waals surface area contributed by atoms with Gasteiger partial charge in [0.05, 0.1) is 15.5 Å². The molecule has 3 aromatic rings. The molecular formula is C25H24BrF3N2O4. The maximum absolute atomic E-state index is 14.9. The van der Waals surface area contributed by atoms with Crippen LogP contribution in [0.5, 0.6) is 0 Å². The van der Waals surface area contributed by atoms with E-state index in [0.717, 1.165) is 12.1 Å². The van der Waals surface area contributed by atoms with E-state index in [9.17, 15) is 27.6 Å². The molecule has 0 radical (unpaired) electrons. The monoisotopic (exact) mass is 552 g/mol. The van der Waals surface area contributed by atoms with E-state index in [4.69, 9.17) is 4.42 Å². The van der Waals surface area contributed by atoms with Gasteiger partial charge in [0.1, 0.15) is 17.3 Å². The van der Waals surface area contributed by atoms with Gasteiger partial charge in [-0.3, -0.25) is 14.4 Å². The Morgan fingerprint density at radius 1 is 0.886 bits per heavy atom. The first kappa shape index (κ1) is 26.5. The van der Waals surface area contributed by atoms with Crippen molar-refractivity contribution >= 4 is 50.1 Å². The van der Waals surface area contributed by atoms with Gasteiger partial charge in [0.25, 0.3) is 0 Å². The molecule has 0 aliphatic rings. The Balaban J connectivity index is 2.26. The van der Waals surface area contributed by atoms with Crippen LogP contribution in [0.1, 0.15) is 41.5 Å². The molecule has 0 saturated carbocycles. The van der Waals surface area contributed by atoms with Crippen molar-refractivity contribution in [1.29, 1.82) is 0 Å². The Labute approximate surface area is 208 Å². The Hall–Kier alpha value is -3.14. The van der Waals surface area contributed by atoms with E-state index in [2.05, 4.69) is 26.6 Å². The highest BCUT2D eigenvalue weighted by Crippen LogP contribution is 2.35. The minimum absolute atomic E-state index is 0.0145. The summed E-state index contributed by atoms with van der Waals surface area (Å²) in [6.45, 7) is 9.81. The van der Waals surface area contributed by atoms with Crippen molar-refractivity contribution < 1.29 is 27.2 Å². The Morgan fingerprint density at radius 2 is 1.46 bits per heavy atom. The molecule has 0 atom stereocenters. The number of rotatable bonds is 3. The second-order valence-electron chi connectivity index (χ2n) is 10.1. The van der Waals surface area contributed by atoms with Gasteiger partial charge < -0.3 is 15.1 Å². The number of anilines is 2. The molecule has 2 N–H and O–H groups in total. The minimum atomic E-state index is -1.17. The average molecular weight is 553 g/mol. The van der Waals surface area contributed by atoms with E-state index >= 15 is 0 Å². The maximum Gasteiger partial charge on any atom is 0.229 e. The molecule has 6 nitrogen and oxygen atoms in total. The van der Waals surface area contributed by atoms with Gasteiger partial charge in [-0.05, 0) is 40.2 Å². The van der Waals surface area contributed by atoms with Crippen LogP contribution in [0.2, 0.25) is 0 Å². The minimum Gasteiger partial charge on any atom is -0.450 e. The van der Waals surface area contributed by atoms with Crippen LogP contribution in [0.4, 0.5) is 24.5 Å². The third-order valence-electron chi connectivity index (χ3n) is 5.10. The van der Waals surface area contributed by atoms with Crippen molar-refractivity contribution in [2.75, 3.05) is 10.6 Å². The predicted octanol–water partition coefficient (Wildman–Crippen LogP) is 6.61. The number of benzene rings is 2. The summed E-state index contributed by atoms with van der Waals surface area (Å²) in [6.07, 6.45) is 0. The first-order valence-corrected chi connectivity index (χ1v) is 11.4. The number of hydrogen-bond acceptors (Lipinski definition) is 4. The number of nitrogens with one attached hydrogen (secondary N) is 2. The quantitative estimate of drug-likeness (QED) is 0.358. The first-order chi connectivity index (χ1) is 16.0. The number of amides is 2. The molecule has 0 unspecified atom stereocenters. The van der Waals surface area contributed by atoms with Gasteiger partial charge in [0.15, 0.2) is 17.2 Å². The summed E-state index contributed by atoms with van der Waals surface area (Å²) in [4.78, 5) is 38.1. The normalized spacial score (nSPS) is 12.1. The summed E-state index contributed by atoms with van der Waals surface area (Å²) in [5.41, 5.74) is -3.72. The average Bonchev–Trinajstić information content (AvgIpc) is 2.74. The van der Waals surface area contributed by atoms with Crippen LogP contribution in [-0.2, 0) is 9.59 Å². The Morgan fingerprint density at radius 3 is 2.00 bits per heavy atom. The lowest BCUT2D eigenvalue weighted by atomic mass is 9.95. The molecular weight excluding hydrogens is 529 g/mol. The van der Waals surface area contributed by atoms with Crippen LogP contribution in [0.25, 0.3) is 22.3 Å². The van der Waals surface area contributed by atoms with Crippen molar-refractivity contribution in [1.82, 2.24) is 0 Å². The van der Waals surface area contributed by atoms with E-state index in [-0.39, 0.29) is 17.0 Å². The van der Waals surface area contributed by atoms with Crippen molar-refractivity contribution in [2.24, 2.45) is 10.8 Å². The molecule has 10 heteroatoms. The van der Waals surface area contributed by atoms with Gasteiger partial charge in [-0.25, -0.2) is 13.2 Å². The van der Waals surface area contributed by atoms with Gasteiger partial charge >= 0.3 is 0 Å². The fraction of sp³-hybridized carbons (Fsp3) is 0.320. The van der Waals surface area contributed by atoms with Crippen LogP contribution in [-0.4, -0.2) is 11.8 Å². The van der Waals surface area contributed by atoms with E-state index in [1.54, 1.807) is 41.5 Å². The summed E-state index contributed by atoms with van der Waals surface area (Å²) in [7, 11) is 0. The fourth-order valence-corrected chi connectivity index (χ4v) is 3.22. The van der Waals surface area contributed by atoms with E-state index < -0.39 is 66.7 Å². The van der Waals surface area contributed by atoms with Gasteiger partial charge in [0.2, 0.25) is 17.2 Å².